The molecule has 1 aromatic carbocycles. The Morgan fingerprint density at radius 1 is 1.26 bits per heavy atom. The van der Waals surface area contributed by atoms with E-state index in [1.807, 2.05) is 42.6 Å². The molecule has 6 heteroatoms. The van der Waals surface area contributed by atoms with Gasteiger partial charge in [0, 0.05) is 6.54 Å². The maximum atomic E-state index is 12.6. The van der Waals surface area contributed by atoms with E-state index >= 15 is 0 Å². The van der Waals surface area contributed by atoms with Gasteiger partial charge in [-0.3, -0.25) is 4.79 Å². The number of rotatable bonds is 6. The summed E-state index contributed by atoms with van der Waals surface area (Å²) in [7, 11) is 0. The van der Waals surface area contributed by atoms with Gasteiger partial charge in [0.25, 0.3) is 5.91 Å². The molecule has 1 unspecified atom stereocenters. The summed E-state index contributed by atoms with van der Waals surface area (Å²) >= 11 is 0. The topological polar surface area (TPSA) is 29.1 Å². The van der Waals surface area contributed by atoms with E-state index in [9.17, 15) is 22.4 Å². The molecule has 1 rings (SSSR count). The number of carbonyl (C=O) groups excluding carboxylic acids is 1. The molecule has 1 N–H and O–H groups in total. The van der Waals surface area contributed by atoms with Crippen LogP contribution >= 0.6 is 0 Å². The first-order valence-corrected chi connectivity index (χ1v) is 5.85. The normalized spacial score (nSPS) is 13.4. The second kappa shape index (κ2) is 6.54. The van der Waals surface area contributed by atoms with Crippen molar-refractivity contribution in [3.63, 3.8) is 0 Å². The summed E-state index contributed by atoms with van der Waals surface area (Å²) in [6, 6.07) is 9.28. The van der Waals surface area contributed by atoms with Gasteiger partial charge in [-0.2, -0.15) is 8.78 Å². The molecule has 1 atom stereocenters. The molecule has 106 valence electrons. The number of hydrogen-bond acceptors (Lipinski definition) is 1. The van der Waals surface area contributed by atoms with Gasteiger partial charge in [-0.1, -0.05) is 37.3 Å². The van der Waals surface area contributed by atoms with Gasteiger partial charge in [-0.15, -0.1) is 0 Å². The molecule has 0 fully saturated rings. The third kappa shape index (κ3) is 4.22. The zero-order valence-corrected chi connectivity index (χ0v) is 10.4. The van der Waals surface area contributed by atoms with Gasteiger partial charge in [0.2, 0.25) is 0 Å². The second-order valence-electron chi connectivity index (χ2n) is 4.28. The summed E-state index contributed by atoms with van der Waals surface area (Å²) in [6.45, 7) is 1.80. The van der Waals surface area contributed by atoms with Crippen LogP contribution in [0.3, 0.4) is 0 Å². The maximum Gasteiger partial charge on any atom is 0.383 e. The molecule has 2 nitrogen and oxygen atoms in total. The molecule has 0 radical (unpaired) electrons. The Balaban J connectivity index is 2.41. The van der Waals surface area contributed by atoms with E-state index in [0.29, 0.717) is 6.42 Å². The van der Waals surface area contributed by atoms with Crippen LogP contribution in [0, 0.1) is 0 Å². The van der Waals surface area contributed by atoms with Gasteiger partial charge in [-0.25, -0.2) is 8.78 Å². The number of halogens is 4. The molecule has 0 saturated carbocycles. The van der Waals surface area contributed by atoms with Gasteiger partial charge in [0.05, 0.1) is 0 Å². The van der Waals surface area contributed by atoms with Crippen LogP contribution in [0.25, 0.3) is 0 Å². The predicted molar refractivity (Wildman–Crippen MR) is 63.4 cm³/mol. The van der Waals surface area contributed by atoms with E-state index in [2.05, 4.69) is 0 Å². The summed E-state index contributed by atoms with van der Waals surface area (Å²) in [5.74, 6) is -6.51. The van der Waals surface area contributed by atoms with Crippen molar-refractivity contribution >= 4 is 5.91 Å². The number of hydrogen-bond donors (Lipinski definition) is 1. The van der Waals surface area contributed by atoms with Crippen LogP contribution in [0.4, 0.5) is 17.6 Å². The van der Waals surface area contributed by atoms with Crippen molar-refractivity contribution in [2.24, 2.45) is 0 Å². The SMILES string of the molecule is CC(CCNC(=O)C(F)(F)C(F)F)c1ccccc1. The first-order chi connectivity index (χ1) is 8.85. The van der Waals surface area contributed by atoms with E-state index in [1.165, 1.54) is 0 Å². The van der Waals surface area contributed by atoms with Crippen LogP contribution in [-0.2, 0) is 4.79 Å². The fourth-order valence-corrected chi connectivity index (χ4v) is 1.57. The Hall–Kier alpha value is -1.59. The first-order valence-electron chi connectivity index (χ1n) is 5.85. The quantitative estimate of drug-likeness (QED) is 0.795. The van der Waals surface area contributed by atoms with Gasteiger partial charge in [0.1, 0.15) is 0 Å². The third-order valence-electron chi connectivity index (χ3n) is 2.81. The van der Waals surface area contributed by atoms with Crippen molar-refractivity contribution in [2.75, 3.05) is 6.54 Å². The number of carbonyl (C=O) groups is 1. The van der Waals surface area contributed by atoms with E-state index < -0.39 is 18.3 Å². The molecule has 0 aliphatic heterocycles. The van der Waals surface area contributed by atoms with Gasteiger partial charge >= 0.3 is 12.3 Å². The van der Waals surface area contributed by atoms with Gasteiger partial charge in [-0.05, 0) is 17.9 Å². The van der Waals surface area contributed by atoms with Crippen LogP contribution in [0.2, 0.25) is 0 Å². The largest absolute Gasteiger partial charge is 0.383 e. The lowest BCUT2D eigenvalue weighted by Crippen LogP contribution is -2.45. The fraction of sp³-hybridized carbons (Fsp3) is 0.462. The number of nitrogens with one attached hydrogen (secondary N) is 1. The Labute approximate surface area is 108 Å². The molecule has 0 bridgehead atoms. The Bertz CT molecular complexity index is 408. The highest BCUT2D eigenvalue weighted by molar-refractivity contribution is 5.83. The zero-order chi connectivity index (χ0) is 14.5. The average molecular weight is 277 g/mol. The minimum atomic E-state index is -4.63. The predicted octanol–water partition coefficient (Wildman–Crippen LogP) is 3.20. The molecule has 1 amide bonds. The van der Waals surface area contributed by atoms with Crippen molar-refractivity contribution in [2.45, 2.75) is 31.6 Å². The number of amides is 1. The van der Waals surface area contributed by atoms with Crippen molar-refractivity contribution in [1.29, 1.82) is 0 Å². The van der Waals surface area contributed by atoms with Gasteiger partial charge in [0.15, 0.2) is 0 Å². The van der Waals surface area contributed by atoms with Crippen LogP contribution in [0.1, 0.15) is 24.8 Å². The standard InChI is InChI=1S/C13H15F4NO/c1-9(10-5-3-2-4-6-10)7-8-18-12(19)13(16,17)11(14)15/h2-6,9,11H,7-8H2,1H3,(H,18,19). The lowest BCUT2D eigenvalue weighted by atomic mass is 9.98. The molecule has 0 spiro atoms. The lowest BCUT2D eigenvalue weighted by molar-refractivity contribution is -0.169. The van der Waals surface area contributed by atoms with Crippen LogP contribution in [0.5, 0.6) is 0 Å². The molecule has 0 aromatic heterocycles. The highest BCUT2D eigenvalue weighted by atomic mass is 19.3. The summed E-state index contributed by atoms with van der Waals surface area (Å²) in [5.41, 5.74) is 0.998. The molecule has 0 saturated heterocycles. The maximum absolute atomic E-state index is 12.6. The smallest absolute Gasteiger partial charge is 0.351 e. The second-order valence-corrected chi connectivity index (χ2v) is 4.28. The summed E-state index contributed by atoms with van der Waals surface area (Å²) < 4.78 is 49.1. The Morgan fingerprint density at radius 3 is 2.37 bits per heavy atom. The molecule has 0 aliphatic rings. The minimum Gasteiger partial charge on any atom is -0.351 e. The average Bonchev–Trinajstić information content (AvgIpc) is 2.39. The molecule has 0 aliphatic carbocycles. The molecule has 1 aromatic rings. The Morgan fingerprint density at radius 2 is 1.84 bits per heavy atom. The van der Waals surface area contributed by atoms with Crippen molar-refractivity contribution in [3.8, 4) is 0 Å². The highest BCUT2D eigenvalue weighted by Crippen LogP contribution is 2.23. The van der Waals surface area contributed by atoms with Crippen molar-refractivity contribution < 1.29 is 22.4 Å². The van der Waals surface area contributed by atoms with E-state index in [0.717, 1.165) is 5.56 Å². The molecule has 0 heterocycles. The third-order valence-corrected chi connectivity index (χ3v) is 2.81. The highest BCUT2D eigenvalue weighted by Gasteiger charge is 2.48. The summed E-state index contributed by atoms with van der Waals surface area (Å²) in [6.07, 6.45) is -3.59. The van der Waals surface area contributed by atoms with Crippen LogP contribution < -0.4 is 5.32 Å². The van der Waals surface area contributed by atoms with Crippen molar-refractivity contribution in [3.05, 3.63) is 35.9 Å². The lowest BCUT2D eigenvalue weighted by Gasteiger charge is -2.16. The first kappa shape index (κ1) is 15.5. The van der Waals surface area contributed by atoms with E-state index in [4.69, 9.17) is 0 Å². The van der Waals surface area contributed by atoms with Crippen molar-refractivity contribution in [1.82, 2.24) is 5.32 Å². The zero-order valence-electron chi connectivity index (χ0n) is 10.4. The molecular weight excluding hydrogens is 262 g/mol. The van der Waals surface area contributed by atoms with Gasteiger partial charge < -0.3 is 5.32 Å². The molecular formula is C13H15F4NO. The number of alkyl halides is 4. The Kier molecular flexibility index (Phi) is 5.32. The fourth-order valence-electron chi connectivity index (χ4n) is 1.57. The summed E-state index contributed by atoms with van der Waals surface area (Å²) in [5, 5.41) is 1.84. The number of benzene rings is 1. The van der Waals surface area contributed by atoms with Crippen LogP contribution in [-0.4, -0.2) is 24.8 Å². The molecule has 19 heavy (non-hydrogen) atoms. The minimum absolute atomic E-state index is 0.0432. The van der Waals surface area contributed by atoms with E-state index in [1.54, 1.807) is 0 Å². The monoisotopic (exact) mass is 277 g/mol. The van der Waals surface area contributed by atoms with E-state index in [-0.39, 0.29) is 12.5 Å². The summed E-state index contributed by atoms with van der Waals surface area (Å²) in [4.78, 5) is 10.9. The van der Waals surface area contributed by atoms with Crippen LogP contribution in [0.15, 0.2) is 30.3 Å².